The van der Waals surface area contributed by atoms with Gasteiger partial charge in [-0.25, -0.2) is 0 Å². The van der Waals surface area contributed by atoms with Crippen molar-refractivity contribution in [1.82, 2.24) is 0 Å². The molecule has 0 aromatic carbocycles. The number of hydrogen-bond donors (Lipinski definition) is 0. The van der Waals surface area contributed by atoms with Crippen molar-refractivity contribution in [2.45, 2.75) is 39.5 Å². The number of unbranched alkanes of at least 4 members (excludes halogenated alkanes) is 3. The summed E-state index contributed by atoms with van der Waals surface area (Å²) in [6.45, 7) is 4.46. The van der Waals surface area contributed by atoms with E-state index in [1.54, 1.807) is 0 Å². The Morgan fingerprint density at radius 3 is 1.29 bits per heavy atom. The molecular formula is C6H18Pb. The maximum atomic E-state index is 2.23. The predicted molar refractivity (Wildman–Crippen MR) is 41.2 cm³/mol. The third kappa shape index (κ3) is 10.9. The van der Waals surface area contributed by atoms with Gasteiger partial charge in [-0.05, 0) is 0 Å². The Kier molecular flexibility index (Phi) is 15.5. The normalized spacial score (nSPS) is 7.71. The SMILES string of the molecule is CCCCCC.[PbH4]. The fraction of sp³-hybridized carbons (Fsp3) is 1.00. The van der Waals surface area contributed by atoms with Crippen LogP contribution in [0.1, 0.15) is 39.5 Å². The molecule has 0 amide bonds. The molecule has 0 aromatic heterocycles. The molecule has 0 aromatic rings. The van der Waals surface area contributed by atoms with E-state index in [2.05, 4.69) is 13.8 Å². The Morgan fingerprint density at radius 1 is 0.857 bits per heavy atom. The van der Waals surface area contributed by atoms with Gasteiger partial charge in [-0.1, -0.05) is 39.5 Å². The Balaban J connectivity index is 0. The van der Waals surface area contributed by atoms with Crippen molar-refractivity contribution < 1.29 is 0 Å². The third-order valence-corrected chi connectivity index (χ3v) is 0.957. The molecule has 0 aliphatic carbocycles. The van der Waals surface area contributed by atoms with E-state index in [-0.39, 0.29) is 27.3 Å². The van der Waals surface area contributed by atoms with Gasteiger partial charge in [-0.15, -0.1) is 0 Å². The zero-order chi connectivity index (χ0) is 4.83. The third-order valence-electron chi connectivity index (χ3n) is 0.957. The molecule has 0 heterocycles. The first-order chi connectivity index (χ1) is 2.91. The molecule has 0 N–H and O–H groups in total. The summed E-state index contributed by atoms with van der Waals surface area (Å²) in [5, 5.41) is 0. The molecule has 0 aliphatic heterocycles. The van der Waals surface area contributed by atoms with Crippen molar-refractivity contribution >= 4 is 27.3 Å². The quantitative estimate of drug-likeness (QED) is 0.541. The first-order valence-electron chi connectivity index (χ1n) is 2.91. The molecule has 0 saturated carbocycles. The second-order valence-corrected chi connectivity index (χ2v) is 1.71. The molecule has 0 unspecified atom stereocenters. The molecule has 0 nitrogen and oxygen atoms in total. The Hall–Kier alpha value is 0.922. The minimum atomic E-state index is 0. The van der Waals surface area contributed by atoms with E-state index < -0.39 is 0 Å². The monoisotopic (exact) mass is 298 g/mol. The summed E-state index contributed by atoms with van der Waals surface area (Å²) in [6, 6.07) is 0. The molecule has 0 rings (SSSR count). The minimum absolute atomic E-state index is 0. The molecule has 0 radical (unpaired) electrons. The molecular weight excluding hydrogens is 279 g/mol. The van der Waals surface area contributed by atoms with Crippen molar-refractivity contribution in [3.8, 4) is 0 Å². The van der Waals surface area contributed by atoms with Gasteiger partial charge in [0.2, 0.25) is 0 Å². The van der Waals surface area contributed by atoms with Gasteiger partial charge in [0.05, 0.1) is 0 Å². The van der Waals surface area contributed by atoms with Gasteiger partial charge in [0.1, 0.15) is 0 Å². The van der Waals surface area contributed by atoms with E-state index in [1.807, 2.05) is 0 Å². The van der Waals surface area contributed by atoms with E-state index in [0.29, 0.717) is 0 Å². The van der Waals surface area contributed by atoms with Crippen LogP contribution in [0.4, 0.5) is 0 Å². The molecule has 0 saturated heterocycles. The Bertz CT molecular complexity index is 16.1. The van der Waals surface area contributed by atoms with Gasteiger partial charge >= 0.3 is 27.3 Å². The molecule has 46 valence electrons. The van der Waals surface area contributed by atoms with Crippen LogP contribution in [0.15, 0.2) is 0 Å². The predicted octanol–water partition coefficient (Wildman–Crippen LogP) is 1.13. The topological polar surface area (TPSA) is 0 Å². The van der Waals surface area contributed by atoms with Crippen molar-refractivity contribution in [3.05, 3.63) is 0 Å². The zero-order valence-electron chi connectivity index (χ0n) is 4.83. The van der Waals surface area contributed by atoms with Crippen molar-refractivity contribution in [2.75, 3.05) is 0 Å². The van der Waals surface area contributed by atoms with E-state index >= 15 is 0 Å². The zero-order valence-corrected chi connectivity index (χ0v) is 4.83. The average molecular weight is 297 g/mol. The van der Waals surface area contributed by atoms with E-state index in [0.717, 1.165) is 0 Å². The second kappa shape index (κ2) is 10.0. The van der Waals surface area contributed by atoms with Crippen molar-refractivity contribution in [2.24, 2.45) is 0 Å². The van der Waals surface area contributed by atoms with Crippen LogP contribution < -0.4 is 0 Å². The van der Waals surface area contributed by atoms with Gasteiger partial charge in [-0.2, -0.15) is 0 Å². The van der Waals surface area contributed by atoms with Crippen LogP contribution in [0.3, 0.4) is 0 Å². The van der Waals surface area contributed by atoms with Crippen LogP contribution in [0, 0.1) is 0 Å². The van der Waals surface area contributed by atoms with Gasteiger partial charge in [-0.3, -0.25) is 0 Å². The molecule has 0 fully saturated rings. The summed E-state index contributed by atoms with van der Waals surface area (Å²) in [4.78, 5) is 0. The summed E-state index contributed by atoms with van der Waals surface area (Å²) in [7, 11) is 0. The summed E-state index contributed by atoms with van der Waals surface area (Å²) in [5.74, 6) is 0. The first kappa shape index (κ1) is 10.8. The number of rotatable bonds is 3. The Labute approximate surface area is 66.8 Å². The van der Waals surface area contributed by atoms with Gasteiger partial charge in [0.25, 0.3) is 0 Å². The maximum absolute atomic E-state index is 2.23. The standard InChI is InChI=1S/C6H14.Pb.4H/c1-3-5-6-4-2;;;;;/h3-6H2,1-2H3;;;;;. The first-order valence-corrected chi connectivity index (χ1v) is 2.91. The van der Waals surface area contributed by atoms with Gasteiger partial charge in [0.15, 0.2) is 0 Å². The number of hydrogen-bond acceptors (Lipinski definition) is 0. The molecule has 0 aliphatic rings. The van der Waals surface area contributed by atoms with E-state index in [1.165, 1.54) is 25.7 Å². The van der Waals surface area contributed by atoms with Crippen LogP contribution in [0.2, 0.25) is 0 Å². The molecule has 7 heavy (non-hydrogen) atoms. The fourth-order valence-electron chi connectivity index (χ4n) is 0.500. The van der Waals surface area contributed by atoms with Gasteiger partial charge < -0.3 is 0 Å². The summed E-state index contributed by atoms with van der Waals surface area (Å²) < 4.78 is 0. The van der Waals surface area contributed by atoms with E-state index in [9.17, 15) is 0 Å². The van der Waals surface area contributed by atoms with Crippen molar-refractivity contribution in [1.29, 1.82) is 0 Å². The fourth-order valence-corrected chi connectivity index (χ4v) is 0.500. The molecule has 0 atom stereocenters. The Morgan fingerprint density at radius 2 is 1.14 bits per heavy atom. The summed E-state index contributed by atoms with van der Waals surface area (Å²) in [6.07, 6.45) is 5.54. The molecule has 0 bridgehead atoms. The van der Waals surface area contributed by atoms with Crippen LogP contribution in [0.25, 0.3) is 0 Å². The van der Waals surface area contributed by atoms with Crippen LogP contribution in [-0.4, -0.2) is 27.3 Å². The molecule has 0 spiro atoms. The van der Waals surface area contributed by atoms with Crippen LogP contribution >= 0.6 is 0 Å². The van der Waals surface area contributed by atoms with E-state index in [4.69, 9.17) is 0 Å². The van der Waals surface area contributed by atoms with Crippen LogP contribution in [0.5, 0.6) is 0 Å². The van der Waals surface area contributed by atoms with Gasteiger partial charge in [0, 0.05) is 0 Å². The average Bonchev–Trinajstić information content (AvgIpc) is 1.61. The summed E-state index contributed by atoms with van der Waals surface area (Å²) >= 11 is 0. The molecule has 1 heteroatoms. The van der Waals surface area contributed by atoms with Crippen molar-refractivity contribution in [3.63, 3.8) is 0 Å². The van der Waals surface area contributed by atoms with Crippen LogP contribution in [-0.2, 0) is 0 Å². The summed E-state index contributed by atoms with van der Waals surface area (Å²) in [5.41, 5.74) is 0. The second-order valence-electron chi connectivity index (χ2n) is 1.71.